The van der Waals surface area contributed by atoms with E-state index in [0.717, 1.165) is 16.6 Å². The number of fused-ring (bicyclic) bond motifs is 1. The van der Waals surface area contributed by atoms with Crippen LogP contribution >= 0.6 is 11.3 Å². The Morgan fingerprint density at radius 3 is 2.86 bits per heavy atom. The Balaban J connectivity index is 2.04. The quantitative estimate of drug-likeness (QED) is 0.801. The van der Waals surface area contributed by atoms with E-state index in [1.165, 1.54) is 17.0 Å². The van der Waals surface area contributed by atoms with Crippen molar-refractivity contribution in [2.75, 3.05) is 5.32 Å². The van der Waals surface area contributed by atoms with E-state index >= 15 is 0 Å². The highest BCUT2D eigenvalue weighted by Gasteiger charge is 2.10. The third kappa shape index (κ3) is 2.78. The maximum Gasteiger partial charge on any atom is 0.142 e. The van der Waals surface area contributed by atoms with Gasteiger partial charge >= 0.3 is 0 Å². The van der Waals surface area contributed by atoms with Crippen LogP contribution in [-0.2, 0) is 6.42 Å². The van der Waals surface area contributed by atoms with Crippen LogP contribution in [0, 0.1) is 6.92 Å². The number of rotatable bonds is 4. The van der Waals surface area contributed by atoms with Gasteiger partial charge in [-0.05, 0) is 37.1 Å². The Morgan fingerprint density at radius 2 is 2.14 bits per heavy atom. The van der Waals surface area contributed by atoms with Crippen molar-refractivity contribution in [1.29, 1.82) is 0 Å². The second-order valence-corrected chi connectivity index (χ2v) is 6.01. The highest BCUT2D eigenvalue weighted by atomic mass is 32.1. The lowest BCUT2D eigenvalue weighted by Gasteiger charge is -2.09. The van der Waals surface area contributed by atoms with Crippen molar-refractivity contribution in [2.45, 2.75) is 20.3 Å². The van der Waals surface area contributed by atoms with Crippen molar-refractivity contribution in [2.24, 2.45) is 0 Å². The number of carbonyl (C=O) groups excluding carboxylic acids is 1. The monoisotopic (exact) mass is 312 g/mol. The Kier molecular flexibility index (Phi) is 3.77. The molecule has 0 aliphatic heterocycles. The van der Waals surface area contributed by atoms with Crippen molar-refractivity contribution in [3.8, 4) is 0 Å². The Hall–Kier alpha value is -2.47. The Bertz CT molecular complexity index is 858. The summed E-state index contributed by atoms with van der Waals surface area (Å²) in [6, 6.07) is 8.57. The molecule has 22 heavy (non-hydrogen) atoms. The van der Waals surface area contributed by atoms with Crippen LogP contribution in [0.5, 0.6) is 0 Å². The highest BCUT2D eigenvalue weighted by molar-refractivity contribution is 7.18. The van der Waals surface area contributed by atoms with E-state index in [0.29, 0.717) is 17.3 Å². The number of nitrogens with one attached hydrogen (secondary N) is 1. The van der Waals surface area contributed by atoms with Gasteiger partial charge in [0.15, 0.2) is 0 Å². The third-order valence-electron chi connectivity index (χ3n) is 3.27. The van der Waals surface area contributed by atoms with E-state index in [9.17, 15) is 9.90 Å². The van der Waals surface area contributed by atoms with Gasteiger partial charge in [0.2, 0.25) is 0 Å². The van der Waals surface area contributed by atoms with E-state index in [-0.39, 0.29) is 5.56 Å². The number of carboxylic acid groups (broad SMARTS) is 1. The lowest BCUT2D eigenvalue weighted by atomic mass is 10.2. The smallest absolute Gasteiger partial charge is 0.142 e. The fourth-order valence-corrected chi connectivity index (χ4v) is 3.22. The summed E-state index contributed by atoms with van der Waals surface area (Å²) in [5.41, 5.74) is 0.789. The topological polar surface area (TPSA) is 77.9 Å². The molecule has 0 saturated carbocycles. The van der Waals surface area contributed by atoms with E-state index in [1.807, 2.05) is 6.92 Å². The van der Waals surface area contributed by atoms with E-state index in [2.05, 4.69) is 28.3 Å². The molecule has 0 aliphatic carbocycles. The molecule has 6 heteroatoms. The lowest BCUT2D eigenvalue weighted by Crippen LogP contribution is -2.22. The Labute approximate surface area is 131 Å². The summed E-state index contributed by atoms with van der Waals surface area (Å²) in [6.07, 6.45) is 0.944. The first-order valence-electron chi connectivity index (χ1n) is 6.92. The second-order valence-electron chi connectivity index (χ2n) is 4.90. The summed E-state index contributed by atoms with van der Waals surface area (Å²) >= 11 is 1.65. The number of nitrogens with zero attached hydrogens (tertiary/aromatic N) is 2. The van der Waals surface area contributed by atoms with Gasteiger partial charge in [0.05, 0.1) is 11.4 Å². The number of carbonyl (C=O) groups is 1. The van der Waals surface area contributed by atoms with Crippen LogP contribution in [0.25, 0.3) is 10.2 Å². The maximum atomic E-state index is 11.0. The molecule has 2 heterocycles. The number of benzene rings is 1. The van der Waals surface area contributed by atoms with Crippen LogP contribution in [0.2, 0.25) is 0 Å². The first kappa shape index (κ1) is 14.5. The number of carboxylic acids is 1. The SMILES string of the molecule is CCc1cc2c(Nc3cccc(C(=O)[O-])c3)nc(C)nc2s1. The van der Waals surface area contributed by atoms with Crippen LogP contribution in [0.4, 0.5) is 11.5 Å². The zero-order chi connectivity index (χ0) is 15.7. The number of hydrogen-bond acceptors (Lipinski definition) is 6. The summed E-state index contributed by atoms with van der Waals surface area (Å²) in [5.74, 6) is 0.168. The van der Waals surface area contributed by atoms with Crippen molar-refractivity contribution >= 4 is 39.0 Å². The molecule has 3 rings (SSSR count). The number of thiophene rings is 1. The van der Waals surface area contributed by atoms with Gasteiger partial charge < -0.3 is 15.2 Å². The molecule has 3 aromatic rings. The molecular weight excluding hydrogens is 298 g/mol. The van der Waals surface area contributed by atoms with Gasteiger partial charge in [0.25, 0.3) is 0 Å². The fraction of sp³-hybridized carbons (Fsp3) is 0.188. The minimum Gasteiger partial charge on any atom is -0.545 e. The van der Waals surface area contributed by atoms with Gasteiger partial charge in [-0.15, -0.1) is 11.3 Å². The van der Waals surface area contributed by atoms with Crippen molar-refractivity contribution in [3.05, 3.63) is 46.6 Å². The molecule has 0 unspecified atom stereocenters. The average molecular weight is 312 g/mol. The summed E-state index contributed by atoms with van der Waals surface area (Å²) in [5, 5.41) is 15.1. The molecule has 0 amide bonds. The molecular formula is C16H14N3O2S-. The standard InChI is InChI=1S/C16H15N3O2S/c1-3-12-8-13-14(17-9(2)18-15(13)22-12)19-11-6-4-5-10(7-11)16(20)21/h4-8H,3H2,1-2H3,(H,20,21)(H,17,18,19)/p-1. The predicted octanol–water partition coefficient (Wildman–Crippen LogP) is 2.67. The molecule has 1 N–H and O–H groups in total. The molecule has 112 valence electrons. The molecule has 0 atom stereocenters. The van der Waals surface area contributed by atoms with Gasteiger partial charge in [-0.3, -0.25) is 0 Å². The van der Waals surface area contributed by atoms with Gasteiger partial charge in [-0.2, -0.15) is 0 Å². The van der Waals surface area contributed by atoms with Crippen molar-refractivity contribution in [3.63, 3.8) is 0 Å². The summed E-state index contributed by atoms with van der Waals surface area (Å²) in [7, 11) is 0. The highest BCUT2D eigenvalue weighted by Crippen LogP contribution is 2.31. The largest absolute Gasteiger partial charge is 0.545 e. The molecule has 1 aromatic carbocycles. The molecule has 0 radical (unpaired) electrons. The predicted molar refractivity (Wildman–Crippen MR) is 85.6 cm³/mol. The van der Waals surface area contributed by atoms with Gasteiger partial charge in [0.1, 0.15) is 16.5 Å². The third-order valence-corrected chi connectivity index (χ3v) is 4.44. The zero-order valence-corrected chi connectivity index (χ0v) is 13.0. The molecule has 2 aromatic heterocycles. The molecule has 0 bridgehead atoms. The van der Waals surface area contributed by atoms with Gasteiger partial charge in [-0.25, -0.2) is 9.97 Å². The van der Waals surface area contributed by atoms with Crippen LogP contribution in [0.15, 0.2) is 30.3 Å². The van der Waals surface area contributed by atoms with E-state index in [4.69, 9.17) is 0 Å². The number of aromatic carboxylic acids is 1. The van der Waals surface area contributed by atoms with Crippen LogP contribution in [0.3, 0.4) is 0 Å². The average Bonchev–Trinajstić information content (AvgIpc) is 2.90. The number of hydrogen-bond donors (Lipinski definition) is 1. The Morgan fingerprint density at radius 1 is 1.32 bits per heavy atom. The zero-order valence-electron chi connectivity index (χ0n) is 12.2. The van der Waals surface area contributed by atoms with Crippen LogP contribution < -0.4 is 10.4 Å². The molecule has 0 fully saturated rings. The van der Waals surface area contributed by atoms with Crippen LogP contribution in [-0.4, -0.2) is 15.9 Å². The normalized spacial score (nSPS) is 10.8. The number of anilines is 2. The molecule has 0 spiro atoms. The second kappa shape index (κ2) is 5.73. The number of aromatic nitrogens is 2. The van der Waals surface area contributed by atoms with Crippen molar-refractivity contribution < 1.29 is 9.90 Å². The van der Waals surface area contributed by atoms with Crippen LogP contribution in [0.1, 0.15) is 28.0 Å². The van der Waals surface area contributed by atoms with E-state index in [1.54, 1.807) is 23.5 Å². The maximum absolute atomic E-state index is 11.0. The molecule has 0 aliphatic rings. The molecule has 5 nitrogen and oxygen atoms in total. The van der Waals surface area contributed by atoms with Crippen molar-refractivity contribution in [1.82, 2.24) is 9.97 Å². The number of aryl methyl sites for hydroxylation is 2. The molecule has 0 saturated heterocycles. The summed E-state index contributed by atoms with van der Waals surface area (Å²) in [6.45, 7) is 3.94. The van der Waals surface area contributed by atoms with Gasteiger partial charge in [0, 0.05) is 10.6 Å². The lowest BCUT2D eigenvalue weighted by molar-refractivity contribution is -0.255. The first-order chi connectivity index (χ1) is 10.6. The van der Waals surface area contributed by atoms with E-state index < -0.39 is 5.97 Å². The first-order valence-corrected chi connectivity index (χ1v) is 7.74. The minimum atomic E-state index is -1.20. The fourth-order valence-electron chi connectivity index (χ4n) is 2.21. The van der Waals surface area contributed by atoms with Gasteiger partial charge in [-0.1, -0.05) is 19.1 Å². The minimum absolute atomic E-state index is 0.131. The summed E-state index contributed by atoms with van der Waals surface area (Å²) < 4.78 is 0. The summed E-state index contributed by atoms with van der Waals surface area (Å²) in [4.78, 5) is 22.0.